The number of aromatic amines is 1. The van der Waals surface area contributed by atoms with E-state index in [-0.39, 0.29) is 5.91 Å². The van der Waals surface area contributed by atoms with Gasteiger partial charge < -0.3 is 20.1 Å². The number of aliphatic hydroxyl groups excluding tert-OH is 1. The van der Waals surface area contributed by atoms with Crippen molar-refractivity contribution in [3.8, 4) is 5.75 Å². The fourth-order valence-corrected chi connectivity index (χ4v) is 3.04. The number of hydrogen-bond donors (Lipinski definition) is 3. The third-order valence-electron chi connectivity index (χ3n) is 4.28. The van der Waals surface area contributed by atoms with E-state index in [1.165, 1.54) is 6.92 Å². The Balaban J connectivity index is 2.04. The lowest BCUT2D eigenvalue weighted by molar-refractivity contribution is -0.118. The molecule has 1 heterocycles. The number of aromatic nitrogens is 1. The van der Waals surface area contributed by atoms with Crippen LogP contribution in [0.2, 0.25) is 0 Å². The van der Waals surface area contributed by atoms with Gasteiger partial charge in [-0.25, -0.2) is 0 Å². The van der Waals surface area contributed by atoms with Crippen molar-refractivity contribution in [3.63, 3.8) is 0 Å². The zero-order chi connectivity index (χ0) is 17.8. The third kappa shape index (κ3) is 3.67. The van der Waals surface area contributed by atoms with Gasteiger partial charge in [0.1, 0.15) is 11.9 Å². The highest BCUT2D eigenvalue weighted by molar-refractivity contribution is 5.86. The van der Waals surface area contributed by atoms with E-state index < -0.39 is 6.10 Å². The second kappa shape index (κ2) is 7.40. The van der Waals surface area contributed by atoms with E-state index in [1.54, 1.807) is 7.11 Å². The average Bonchev–Trinajstić information content (AvgIpc) is 2.99. The summed E-state index contributed by atoms with van der Waals surface area (Å²) in [5, 5.41) is 14.7. The first-order chi connectivity index (χ1) is 12.1. The number of fused-ring (bicyclic) bond motifs is 1. The van der Waals surface area contributed by atoms with Crippen molar-refractivity contribution in [1.29, 1.82) is 0 Å². The molecule has 0 fully saturated rings. The minimum atomic E-state index is -0.757. The summed E-state index contributed by atoms with van der Waals surface area (Å²) in [6.45, 7) is 2.01. The Morgan fingerprint density at radius 3 is 2.68 bits per heavy atom. The predicted octanol–water partition coefficient (Wildman–Crippen LogP) is 2.94. The van der Waals surface area contributed by atoms with Gasteiger partial charge in [-0.05, 0) is 35.7 Å². The maximum absolute atomic E-state index is 11.2. The predicted molar refractivity (Wildman–Crippen MR) is 97.7 cm³/mol. The van der Waals surface area contributed by atoms with E-state index in [2.05, 4.69) is 10.3 Å². The van der Waals surface area contributed by atoms with Crippen LogP contribution in [0.4, 0.5) is 0 Å². The number of aliphatic hydroxyl groups is 1. The molecular formula is C20H22N2O3. The molecule has 1 aromatic heterocycles. The molecule has 0 saturated carbocycles. The monoisotopic (exact) mass is 338 g/mol. The van der Waals surface area contributed by atoms with E-state index in [9.17, 15) is 9.90 Å². The van der Waals surface area contributed by atoms with Crippen LogP contribution in [-0.4, -0.2) is 29.7 Å². The third-order valence-corrected chi connectivity index (χ3v) is 4.28. The minimum absolute atomic E-state index is 0.0671. The van der Waals surface area contributed by atoms with Crippen molar-refractivity contribution in [2.45, 2.75) is 19.4 Å². The Hall–Kier alpha value is -2.79. The largest absolute Gasteiger partial charge is 0.497 e. The highest BCUT2D eigenvalue weighted by Gasteiger charge is 2.20. The van der Waals surface area contributed by atoms with Crippen molar-refractivity contribution < 1.29 is 14.6 Å². The number of nitrogens with one attached hydrogen (secondary N) is 2. The second-order valence-electron chi connectivity index (χ2n) is 5.97. The first-order valence-electron chi connectivity index (χ1n) is 8.26. The fourth-order valence-electron chi connectivity index (χ4n) is 3.04. The molecule has 3 rings (SSSR count). The van der Waals surface area contributed by atoms with Crippen molar-refractivity contribution in [3.05, 3.63) is 65.4 Å². The second-order valence-corrected chi connectivity index (χ2v) is 5.97. The van der Waals surface area contributed by atoms with E-state index in [0.717, 1.165) is 33.5 Å². The van der Waals surface area contributed by atoms with Crippen LogP contribution in [0, 0.1) is 0 Å². The molecule has 0 spiro atoms. The summed E-state index contributed by atoms with van der Waals surface area (Å²) in [6, 6.07) is 15.3. The van der Waals surface area contributed by atoms with Gasteiger partial charge in [0.15, 0.2) is 0 Å². The molecule has 0 bridgehead atoms. The van der Waals surface area contributed by atoms with Gasteiger partial charge in [-0.2, -0.15) is 0 Å². The molecule has 25 heavy (non-hydrogen) atoms. The van der Waals surface area contributed by atoms with Crippen molar-refractivity contribution in [1.82, 2.24) is 10.3 Å². The lowest BCUT2D eigenvalue weighted by Crippen LogP contribution is -2.22. The van der Waals surface area contributed by atoms with Gasteiger partial charge in [0.25, 0.3) is 0 Å². The molecule has 0 radical (unpaired) electrons. The van der Waals surface area contributed by atoms with E-state index in [4.69, 9.17) is 4.74 Å². The molecule has 0 saturated heterocycles. The van der Waals surface area contributed by atoms with Crippen molar-refractivity contribution >= 4 is 16.8 Å². The molecule has 0 aliphatic heterocycles. The number of H-pyrrole nitrogens is 1. The Kier molecular flexibility index (Phi) is 5.05. The molecule has 2 aromatic carbocycles. The van der Waals surface area contributed by atoms with Crippen molar-refractivity contribution in [2.75, 3.05) is 13.7 Å². The first-order valence-corrected chi connectivity index (χ1v) is 8.26. The smallest absolute Gasteiger partial charge is 0.216 e. The molecule has 5 heteroatoms. The summed E-state index contributed by atoms with van der Waals surface area (Å²) in [7, 11) is 1.63. The number of rotatable bonds is 6. The molecular weight excluding hydrogens is 316 g/mol. The van der Waals surface area contributed by atoms with Crippen LogP contribution < -0.4 is 10.1 Å². The maximum Gasteiger partial charge on any atom is 0.216 e. The number of hydrogen-bond acceptors (Lipinski definition) is 3. The molecule has 130 valence electrons. The normalized spacial score (nSPS) is 12.1. The van der Waals surface area contributed by atoms with Gasteiger partial charge in [-0.15, -0.1) is 0 Å². The molecule has 3 N–H and O–H groups in total. The number of carbonyl (C=O) groups is 1. The zero-order valence-corrected chi connectivity index (χ0v) is 14.4. The molecule has 0 aliphatic carbocycles. The zero-order valence-electron chi connectivity index (χ0n) is 14.4. The number of ether oxygens (including phenoxy) is 1. The first kappa shape index (κ1) is 17.0. The van der Waals surface area contributed by atoms with Crippen LogP contribution in [-0.2, 0) is 11.2 Å². The Morgan fingerprint density at radius 2 is 2.00 bits per heavy atom. The van der Waals surface area contributed by atoms with Crippen LogP contribution >= 0.6 is 0 Å². The Bertz CT molecular complexity index is 871. The van der Waals surface area contributed by atoms with Crippen LogP contribution in [0.1, 0.15) is 29.8 Å². The van der Waals surface area contributed by atoms with Crippen LogP contribution in [0.3, 0.4) is 0 Å². The minimum Gasteiger partial charge on any atom is -0.497 e. The summed E-state index contributed by atoms with van der Waals surface area (Å²) in [4.78, 5) is 14.5. The number of carbonyl (C=O) groups excluding carboxylic acids is 1. The summed E-state index contributed by atoms with van der Waals surface area (Å²) >= 11 is 0. The standard InChI is InChI=1S/C20H22N2O3/c1-13(23)21-11-10-16-17-12-15(25-2)8-9-18(17)22-19(16)20(24)14-6-4-3-5-7-14/h3-9,12,20,22,24H,10-11H2,1-2H3,(H,21,23). The summed E-state index contributed by atoms with van der Waals surface area (Å²) in [6.07, 6.45) is -0.140. The van der Waals surface area contributed by atoms with Gasteiger partial charge >= 0.3 is 0 Å². The van der Waals surface area contributed by atoms with Crippen LogP contribution in [0.15, 0.2) is 48.5 Å². The van der Waals surface area contributed by atoms with Gasteiger partial charge in [-0.1, -0.05) is 30.3 Å². The van der Waals surface area contributed by atoms with E-state index >= 15 is 0 Å². The topological polar surface area (TPSA) is 74.3 Å². The lowest BCUT2D eigenvalue weighted by Gasteiger charge is -2.13. The number of methoxy groups -OCH3 is 1. The quantitative estimate of drug-likeness (QED) is 0.647. The average molecular weight is 338 g/mol. The molecule has 3 aromatic rings. The van der Waals surface area contributed by atoms with Crippen LogP contribution in [0.5, 0.6) is 5.75 Å². The molecule has 1 amide bonds. The van der Waals surface area contributed by atoms with E-state index in [1.807, 2.05) is 48.5 Å². The number of benzene rings is 2. The van der Waals surface area contributed by atoms with Gasteiger partial charge in [0.05, 0.1) is 12.8 Å². The maximum atomic E-state index is 11.2. The Labute approximate surface area is 146 Å². The highest BCUT2D eigenvalue weighted by atomic mass is 16.5. The van der Waals surface area contributed by atoms with E-state index in [0.29, 0.717) is 13.0 Å². The molecule has 0 aliphatic rings. The molecule has 1 atom stereocenters. The number of amides is 1. The summed E-state index contributed by atoms with van der Waals surface area (Å²) in [5.74, 6) is 0.690. The van der Waals surface area contributed by atoms with Crippen LogP contribution in [0.25, 0.3) is 10.9 Å². The highest BCUT2D eigenvalue weighted by Crippen LogP contribution is 2.32. The van der Waals surface area contributed by atoms with Crippen molar-refractivity contribution in [2.24, 2.45) is 0 Å². The molecule has 5 nitrogen and oxygen atoms in total. The summed E-state index contributed by atoms with van der Waals surface area (Å²) in [5.41, 5.74) is 3.49. The lowest BCUT2D eigenvalue weighted by atomic mass is 10.00. The molecule has 1 unspecified atom stereocenters. The Morgan fingerprint density at radius 1 is 1.24 bits per heavy atom. The van der Waals surface area contributed by atoms with Gasteiger partial charge in [0.2, 0.25) is 5.91 Å². The summed E-state index contributed by atoms with van der Waals surface area (Å²) < 4.78 is 5.33. The van der Waals surface area contributed by atoms with Gasteiger partial charge in [0, 0.05) is 24.4 Å². The SMILES string of the molecule is COc1ccc2[nH]c(C(O)c3ccccc3)c(CCNC(C)=O)c2c1. The van der Waals surface area contributed by atoms with Gasteiger partial charge in [-0.3, -0.25) is 4.79 Å². The fraction of sp³-hybridized carbons (Fsp3) is 0.250.